The van der Waals surface area contributed by atoms with Gasteiger partial charge in [-0.2, -0.15) is 0 Å². The second-order valence-corrected chi connectivity index (χ2v) is 5.89. The predicted molar refractivity (Wildman–Crippen MR) is 69.8 cm³/mol. The summed E-state index contributed by atoms with van der Waals surface area (Å²) in [6.45, 7) is 4.24. The van der Waals surface area contributed by atoms with Gasteiger partial charge in [0, 0.05) is 6.54 Å². The van der Waals surface area contributed by atoms with Crippen LogP contribution in [0, 0.1) is 11.8 Å². The molecule has 3 unspecified atom stereocenters. The van der Waals surface area contributed by atoms with Crippen LogP contribution in [0.1, 0.15) is 51.9 Å². The molecule has 3 atom stereocenters. The van der Waals surface area contributed by atoms with E-state index in [2.05, 4.69) is 17.6 Å². The number of amides is 1. The third-order valence-corrected chi connectivity index (χ3v) is 4.23. The highest BCUT2D eigenvalue weighted by molar-refractivity contribution is 5.81. The van der Waals surface area contributed by atoms with Crippen LogP contribution >= 0.6 is 0 Å². The van der Waals surface area contributed by atoms with Gasteiger partial charge in [-0.15, -0.1) is 0 Å². The van der Waals surface area contributed by atoms with Gasteiger partial charge in [0.25, 0.3) is 0 Å². The van der Waals surface area contributed by atoms with Gasteiger partial charge in [-0.05, 0) is 50.5 Å². The molecule has 3 heteroatoms. The summed E-state index contributed by atoms with van der Waals surface area (Å²) in [5.41, 5.74) is 0. The minimum absolute atomic E-state index is 0.0646. The smallest absolute Gasteiger partial charge is 0.237 e. The van der Waals surface area contributed by atoms with E-state index in [4.69, 9.17) is 0 Å². The van der Waals surface area contributed by atoms with Gasteiger partial charge >= 0.3 is 0 Å². The van der Waals surface area contributed by atoms with E-state index in [1.54, 1.807) is 0 Å². The number of carbonyl (C=O) groups excluding carboxylic acids is 1. The van der Waals surface area contributed by atoms with Crippen molar-refractivity contribution >= 4 is 5.91 Å². The average molecular weight is 238 g/mol. The zero-order chi connectivity index (χ0) is 12.1. The molecular formula is C14H26N2O. The fourth-order valence-corrected chi connectivity index (χ4v) is 3.19. The van der Waals surface area contributed by atoms with Crippen molar-refractivity contribution in [3.05, 3.63) is 0 Å². The number of carbonyl (C=O) groups is 1. The SMILES string of the molecule is CC1CCCC(CNC2CCCCNC2=O)C1. The molecule has 0 radical (unpaired) electrons. The molecule has 0 aromatic carbocycles. The number of hydrogen-bond acceptors (Lipinski definition) is 2. The summed E-state index contributed by atoms with van der Waals surface area (Å²) < 4.78 is 0. The molecule has 1 aliphatic carbocycles. The summed E-state index contributed by atoms with van der Waals surface area (Å²) in [5.74, 6) is 1.87. The lowest BCUT2D eigenvalue weighted by Crippen LogP contribution is -2.44. The monoisotopic (exact) mass is 238 g/mol. The molecule has 2 rings (SSSR count). The second-order valence-electron chi connectivity index (χ2n) is 5.89. The van der Waals surface area contributed by atoms with Crippen LogP contribution in [0.25, 0.3) is 0 Å². The standard InChI is InChI=1S/C14H26N2O/c1-11-5-4-6-12(9-11)10-16-13-7-2-3-8-15-14(13)17/h11-13,16H,2-10H2,1H3,(H,15,17). The Morgan fingerprint density at radius 2 is 2.12 bits per heavy atom. The lowest BCUT2D eigenvalue weighted by Gasteiger charge is -2.28. The molecule has 1 saturated heterocycles. The van der Waals surface area contributed by atoms with Gasteiger partial charge < -0.3 is 10.6 Å². The Morgan fingerprint density at radius 3 is 2.94 bits per heavy atom. The fraction of sp³-hybridized carbons (Fsp3) is 0.929. The molecule has 98 valence electrons. The van der Waals surface area contributed by atoms with E-state index in [1.807, 2.05) is 0 Å². The molecule has 0 aromatic heterocycles. The summed E-state index contributed by atoms with van der Waals surface area (Å²) in [6.07, 6.45) is 8.73. The fourth-order valence-electron chi connectivity index (χ4n) is 3.19. The zero-order valence-electron chi connectivity index (χ0n) is 11.0. The van der Waals surface area contributed by atoms with Crippen molar-refractivity contribution in [2.45, 2.75) is 57.9 Å². The Bertz CT molecular complexity index is 255. The molecule has 17 heavy (non-hydrogen) atoms. The van der Waals surface area contributed by atoms with Crippen LogP contribution in [0.4, 0.5) is 0 Å². The Balaban J connectivity index is 1.74. The Morgan fingerprint density at radius 1 is 1.24 bits per heavy atom. The van der Waals surface area contributed by atoms with Crippen LogP contribution in [0.15, 0.2) is 0 Å². The average Bonchev–Trinajstić information content (AvgIpc) is 2.52. The molecule has 0 spiro atoms. The molecule has 0 bridgehead atoms. The second kappa shape index (κ2) is 6.39. The predicted octanol–water partition coefficient (Wildman–Crippen LogP) is 2.07. The Labute approximate surface area is 105 Å². The van der Waals surface area contributed by atoms with Gasteiger partial charge in [0.2, 0.25) is 5.91 Å². The molecule has 1 amide bonds. The van der Waals surface area contributed by atoms with Crippen LogP contribution in [0.5, 0.6) is 0 Å². The van der Waals surface area contributed by atoms with E-state index >= 15 is 0 Å². The first kappa shape index (κ1) is 12.9. The normalized spacial score (nSPS) is 35.1. The largest absolute Gasteiger partial charge is 0.355 e. The number of rotatable bonds is 3. The van der Waals surface area contributed by atoms with Crippen molar-refractivity contribution in [1.29, 1.82) is 0 Å². The van der Waals surface area contributed by atoms with E-state index in [1.165, 1.54) is 25.7 Å². The zero-order valence-corrected chi connectivity index (χ0v) is 11.0. The van der Waals surface area contributed by atoms with Crippen molar-refractivity contribution in [1.82, 2.24) is 10.6 Å². The van der Waals surface area contributed by atoms with Crippen molar-refractivity contribution in [2.24, 2.45) is 11.8 Å². The van der Waals surface area contributed by atoms with Crippen LogP contribution in [-0.2, 0) is 4.79 Å². The van der Waals surface area contributed by atoms with Crippen LogP contribution < -0.4 is 10.6 Å². The van der Waals surface area contributed by atoms with Crippen LogP contribution in [-0.4, -0.2) is 25.0 Å². The maximum Gasteiger partial charge on any atom is 0.237 e. The quantitative estimate of drug-likeness (QED) is 0.790. The maximum atomic E-state index is 11.8. The highest BCUT2D eigenvalue weighted by Crippen LogP contribution is 2.28. The van der Waals surface area contributed by atoms with E-state index in [0.29, 0.717) is 0 Å². The van der Waals surface area contributed by atoms with E-state index in [-0.39, 0.29) is 11.9 Å². The van der Waals surface area contributed by atoms with E-state index in [0.717, 1.165) is 44.2 Å². The van der Waals surface area contributed by atoms with Gasteiger partial charge in [0.15, 0.2) is 0 Å². The summed E-state index contributed by atoms with van der Waals surface area (Å²) in [6, 6.07) is 0.0646. The molecule has 0 aromatic rings. The highest BCUT2D eigenvalue weighted by atomic mass is 16.2. The van der Waals surface area contributed by atoms with Crippen molar-refractivity contribution in [3.8, 4) is 0 Å². The molecular weight excluding hydrogens is 212 g/mol. The van der Waals surface area contributed by atoms with Gasteiger partial charge in [-0.1, -0.05) is 19.8 Å². The van der Waals surface area contributed by atoms with Gasteiger partial charge in [0.05, 0.1) is 6.04 Å². The molecule has 2 fully saturated rings. The molecule has 1 saturated carbocycles. The van der Waals surface area contributed by atoms with Crippen molar-refractivity contribution in [2.75, 3.05) is 13.1 Å². The first-order valence-electron chi connectivity index (χ1n) is 7.27. The molecule has 2 aliphatic rings. The first-order chi connectivity index (χ1) is 8.25. The molecule has 2 N–H and O–H groups in total. The van der Waals surface area contributed by atoms with E-state index in [9.17, 15) is 4.79 Å². The summed E-state index contributed by atoms with van der Waals surface area (Å²) >= 11 is 0. The summed E-state index contributed by atoms with van der Waals surface area (Å²) in [7, 11) is 0. The van der Waals surface area contributed by atoms with Gasteiger partial charge in [-0.25, -0.2) is 0 Å². The highest BCUT2D eigenvalue weighted by Gasteiger charge is 2.23. The molecule has 1 heterocycles. The van der Waals surface area contributed by atoms with Crippen LogP contribution in [0.3, 0.4) is 0 Å². The Kier molecular flexibility index (Phi) is 4.84. The van der Waals surface area contributed by atoms with E-state index < -0.39 is 0 Å². The molecule has 1 aliphatic heterocycles. The van der Waals surface area contributed by atoms with Crippen molar-refractivity contribution in [3.63, 3.8) is 0 Å². The summed E-state index contributed by atoms with van der Waals surface area (Å²) in [5, 5.41) is 6.48. The van der Waals surface area contributed by atoms with Crippen LogP contribution in [0.2, 0.25) is 0 Å². The third-order valence-electron chi connectivity index (χ3n) is 4.23. The van der Waals surface area contributed by atoms with Gasteiger partial charge in [-0.3, -0.25) is 4.79 Å². The van der Waals surface area contributed by atoms with Crippen molar-refractivity contribution < 1.29 is 4.79 Å². The lowest BCUT2D eigenvalue weighted by atomic mass is 9.82. The maximum absolute atomic E-state index is 11.8. The minimum atomic E-state index is 0.0646. The minimum Gasteiger partial charge on any atom is -0.355 e. The summed E-state index contributed by atoms with van der Waals surface area (Å²) in [4.78, 5) is 11.8. The Hall–Kier alpha value is -0.570. The topological polar surface area (TPSA) is 41.1 Å². The van der Waals surface area contributed by atoms with Gasteiger partial charge in [0.1, 0.15) is 0 Å². The first-order valence-corrected chi connectivity index (χ1v) is 7.27. The third kappa shape index (κ3) is 3.98. The number of nitrogens with one attached hydrogen (secondary N) is 2. The molecule has 3 nitrogen and oxygen atoms in total. The number of hydrogen-bond donors (Lipinski definition) is 2. The lowest BCUT2D eigenvalue weighted by molar-refractivity contribution is -0.122.